The Kier molecular flexibility index (Phi) is 5.80. The molecule has 2 heterocycles. The van der Waals surface area contributed by atoms with Crippen molar-refractivity contribution >= 4 is 35.1 Å². The highest BCUT2D eigenvalue weighted by Gasteiger charge is 2.24. The van der Waals surface area contributed by atoms with E-state index in [1.54, 1.807) is 19.1 Å². The van der Waals surface area contributed by atoms with E-state index in [9.17, 15) is 4.79 Å². The van der Waals surface area contributed by atoms with Gasteiger partial charge in [0, 0.05) is 12.1 Å². The molecule has 3 rings (SSSR count). The van der Waals surface area contributed by atoms with E-state index in [-0.39, 0.29) is 11.2 Å². The number of nitrogens with two attached hydrogens (primary N) is 1. The Balaban J connectivity index is 1.62. The Morgan fingerprint density at radius 2 is 2.12 bits per heavy atom. The van der Waals surface area contributed by atoms with Gasteiger partial charge < -0.3 is 11.2 Å². The Labute approximate surface area is 155 Å². The third-order valence-corrected chi connectivity index (χ3v) is 5.57. The number of hydrogen-bond donors (Lipinski definition) is 2. The van der Waals surface area contributed by atoms with Crippen molar-refractivity contribution in [1.29, 1.82) is 0 Å². The predicted octanol–water partition coefficient (Wildman–Crippen LogP) is 3.21. The summed E-state index contributed by atoms with van der Waals surface area (Å²) in [4.78, 5) is 16.4. The summed E-state index contributed by atoms with van der Waals surface area (Å²) >= 11 is 7.07. The second kappa shape index (κ2) is 8.05. The van der Waals surface area contributed by atoms with Gasteiger partial charge in [0.25, 0.3) is 0 Å². The summed E-state index contributed by atoms with van der Waals surface area (Å²) in [6.45, 7) is 1.80. The lowest BCUT2D eigenvalue weighted by atomic mass is 9.89. The largest absolute Gasteiger partial charge is 0.336 e. The lowest BCUT2D eigenvalue weighted by molar-refractivity contribution is -0.115. The van der Waals surface area contributed by atoms with Crippen molar-refractivity contribution in [2.45, 2.75) is 55.4 Å². The average Bonchev–Trinajstić information content (AvgIpc) is 2.98. The molecule has 3 N–H and O–H groups in total. The number of carbonyl (C=O) groups is 1. The predicted molar refractivity (Wildman–Crippen MR) is 99.2 cm³/mol. The summed E-state index contributed by atoms with van der Waals surface area (Å²) in [5.74, 6) is 7.62. The molecular weight excluding hydrogens is 360 g/mol. The summed E-state index contributed by atoms with van der Waals surface area (Å²) in [6.07, 6.45) is 7.35. The smallest absolute Gasteiger partial charge is 0.238 e. The van der Waals surface area contributed by atoms with Gasteiger partial charge in [-0.15, -0.1) is 10.2 Å². The summed E-state index contributed by atoms with van der Waals surface area (Å²) in [5.41, 5.74) is 0. The average molecular weight is 381 g/mol. The minimum absolute atomic E-state index is 0.179. The van der Waals surface area contributed by atoms with Gasteiger partial charge >= 0.3 is 0 Å². The molecule has 1 amide bonds. The van der Waals surface area contributed by atoms with Gasteiger partial charge in [0.2, 0.25) is 11.1 Å². The van der Waals surface area contributed by atoms with Crippen LogP contribution in [-0.4, -0.2) is 31.0 Å². The van der Waals surface area contributed by atoms with Crippen LogP contribution in [0.3, 0.4) is 0 Å². The molecule has 7 nitrogen and oxygen atoms in total. The Morgan fingerprint density at radius 3 is 2.80 bits per heavy atom. The minimum Gasteiger partial charge on any atom is -0.336 e. The van der Waals surface area contributed by atoms with Crippen molar-refractivity contribution in [3.63, 3.8) is 0 Å². The second-order valence-corrected chi connectivity index (χ2v) is 7.90. The molecule has 0 aliphatic heterocycles. The maximum absolute atomic E-state index is 12.3. The van der Waals surface area contributed by atoms with Crippen molar-refractivity contribution in [3.05, 3.63) is 29.2 Å². The van der Waals surface area contributed by atoms with E-state index in [2.05, 4.69) is 20.5 Å². The number of nitrogens with zero attached hydrogens (tertiary/aromatic N) is 4. The number of thioether (sulfide) groups is 1. The van der Waals surface area contributed by atoms with Crippen molar-refractivity contribution in [2.75, 3.05) is 11.2 Å². The van der Waals surface area contributed by atoms with Crippen LogP contribution in [0, 0.1) is 0 Å². The number of nitrogens with one attached hydrogen (secondary N) is 1. The van der Waals surface area contributed by atoms with Crippen LogP contribution in [0.1, 0.15) is 50.8 Å². The van der Waals surface area contributed by atoms with Gasteiger partial charge in [-0.25, -0.2) is 9.66 Å². The zero-order chi connectivity index (χ0) is 17.8. The van der Waals surface area contributed by atoms with Crippen molar-refractivity contribution in [1.82, 2.24) is 19.9 Å². The fraction of sp³-hybridized carbons (Fsp3) is 0.500. The topological polar surface area (TPSA) is 98.7 Å². The summed E-state index contributed by atoms with van der Waals surface area (Å²) in [6, 6.07) is 3.33. The van der Waals surface area contributed by atoms with Gasteiger partial charge in [-0.2, -0.15) is 0 Å². The summed E-state index contributed by atoms with van der Waals surface area (Å²) in [7, 11) is 0. The molecule has 2 aromatic rings. The van der Waals surface area contributed by atoms with Gasteiger partial charge in [0.15, 0.2) is 5.82 Å². The van der Waals surface area contributed by atoms with E-state index < -0.39 is 0 Å². The molecule has 1 saturated carbocycles. The van der Waals surface area contributed by atoms with Crippen molar-refractivity contribution < 1.29 is 4.79 Å². The molecule has 0 spiro atoms. The molecule has 9 heteroatoms. The molecule has 134 valence electrons. The number of halogens is 1. The first kappa shape index (κ1) is 18.0. The quantitative estimate of drug-likeness (QED) is 0.610. The molecule has 0 saturated heterocycles. The van der Waals surface area contributed by atoms with E-state index in [0.717, 1.165) is 18.7 Å². The highest BCUT2D eigenvalue weighted by Crippen LogP contribution is 2.32. The van der Waals surface area contributed by atoms with E-state index in [1.165, 1.54) is 41.9 Å². The number of carbonyl (C=O) groups excluding carboxylic acids is 1. The number of aromatic nitrogens is 4. The van der Waals surface area contributed by atoms with Crippen LogP contribution in [0.4, 0.5) is 5.82 Å². The van der Waals surface area contributed by atoms with Gasteiger partial charge in [-0.1, -0.05) is 42.6 Å². The summed E-state index contributed by atoms with van der Waals surface area (Å²) in [5, 5.41) is 11.9. The van der Waals surface area contributed by atoms with Gasteiger partial charge in [0.1, 0.15) is 5.82 Å². The lowest BCUT2D eigenvalue weighted by Gasteiger charge is -2.20. The number of pyridine rings is 1. The highest BCUT2D eigenvalue weighted by molar-refractivity contribution is 8.00. The Hall–Kier alpha value is -1.80. The Bertz CT molecular complexity index is 729. The standard InChI is InChI=1S/C16H21ClN6OS/c1-10(15(24)20-13-8-7-12(17)9-19-13)25-16-22-21-14(23(16)18)11-5-3-2-4-6-11/h7-11H,2-6,18H2,1H3,(H,19,20,24)/t10-/m0/s1. The van der Waals surface area contributed by atoms with Crippen LogP contribution >= 0.6 is 23.4 Å². The summed E-state index contributed by atoms with van der Waals surface area (Å²) < 4.78 is 1.53. The van der Waals surface area contributed by atoms with E-state index in [0.29, 0.717) is 21.9 Å². The maximum atomic E-state index is 12.3. The molecule has 1 aliphatic carbocycles. The van der Waals surface area contributed by atoms with Crippen molar-refractivity contribution in [3.8, 4) is 0 Å². The lowest BCUT2D eigenvalue weighted by Crippen LogP contribution is -2.24. The van der Waals surface area contributed by atoms with Gasteiger partial charge in [-0.05, 0) is 31.9 Å². The van der Waals surface area contributed by atoms with E-state index in [1.807, 2.05) is 0 Å². The minimum atomic E-state index is -0.386. The third-order valence-electron chi connectivity index (χ3n) is 4.29. The van der Waals surface area contributed by atoms with Crippen LogP contribution in [0.15, 0.2) is 23.5 Å². The van der Waals surface area contributed by atoms with Crippen LogP contribution in [-0.2, 0) is 4.79 Å². The van der Waals surface area contributed by atoms with Gasteiger partial charge in [-0.3, -0.25) is 4.79 Å². The zero-order valence-electron chi connectivity index (χ0n) is 14.0. The van der Waals surface area contributed by atoms with Crippen LogP contribution < -0.4 is 11.2 Å². The third kappa shape index (κ3) is 4.43. The molecule has 1 atom stereocenters. The van der Waals surface area contributed by atoms with Crippen LogP contribution in [0.2, 0.25) is 5.02 Å². The van der Waals surface area contributed by atoms with Crippen LogP contribution in [0.5, 0.6) is 0 Å². The maximum Gasteiger partial charge on any atom is 0.238 e. The first-order valence-electron chi connectivity index (χ1n) is 8.34. The molecule has 0 unspecified atom stereocenters. The molecule has 25 heavy (non-hydrogen) atoms. The fourth-order valence-corrected chi connectivity index (χ4v) is 3.79. The Morgan fingerprint density at radius 1 is 1.36 bits per heavy atom. The molecular formula is C16H21ClN6OS. The van der Waals surface area contributed by atoms with Crippen molar-refractivity contribution in [2.24, 2.45) is 0 Å². The number of amides is 1. The van der Waals surface area contributed by atoms with E-state index in [4.69, 9.17) is 17.4 Å². The first-order valence-corrected chi connectivity index (χ1v) is 9.60. The molecule has 2 aromatic heterocycles. The number of rotatable bonds is 5. The molecule has 0 aromatic carbocycles. The normalized spacial score (nSPS) is 16.6. The SMILES string of the molecule is C[C@H](Sc1nnc(C2CCCCC2)n1N)C(=O)Nc1ccc(Cl)cn1. The highest BCUT2D eigenvalue weighted by atomic mass is 35.5. The molecule has 0 bridgehead atoms. The fourth-order valence-electron chi connectivity index (χ4n) is 2.90. The number of anilines is 1. The number of nitrogen functional groups attached to an aromatic ring is 1. The first-order chi connectivity index (χ1) is 12.0. The molecule has 1 fully saturated rings. The van der Waals surface area contributed by atoms with Crippen LogP contribution in [0.25, 0.3) is 0 Å². The monoisotopic (exact) mass is 380 g/mol. The second-order valence-electron chi connectivity index (χ2n) is 6.16. The van der Waals surface area contributed by atoms with Gasteiger partial charge in [0.05, 0.1) is 10.3 Å². The zero-order valence-corrected chi connectivity index (χ0v) is 15.6. The van der Waals surface area contributed by atoms with E-state index >= 15 is 0 Å². The molecule has 1 aliphatic rings. The number of hydrogen-bond acceptors (Lipinski definition) is 6. The molecule has 0 radical (unpaired) electrons.